The van der Waals surface area contributed by atoms with Crippen LogP contribution in [0.4, 0.5) is 5.69 Å². The van der Waals surface area contributed by atoms with Gasteiger partial charge < -0.3 is 5.32 Å². The van der Waals surface area contributed by atoms with Gasteiger partial charge in [0.15, 0.2) is 0 Å². The first-order valence-electron chi connectivity index (χ1n) is 9.53. The highest BCUT2D eigenvalue weighted by Gasteiger charge is 2.28. The fourth-order valence-electron chi connectivity index (χ4n) is 3.08. The highest BCUT2D eigenvalue weighted by molar-refractivity contribution is 7.89. The van der Waals surface area contributed by atoms with E-state index in [-0.39, 0.29) is 23.0 Å². The van der Waals surface area contributed by atoms with Crippen LogP contribution in [0, 0.1) is 13.8 Å². The minimum atomic E-state index is -3.94. The van der Waals surface area contributed by atoms with Crippen molar-refractivity contribution in [2.24, 2.45) is 0 Å². The fourth-order valence-corrected chi connectivity index (χ4v) is 5.23. The molecule has 0 atom stereocenters. The number of carbonyl (C=O) groups is 1. The number of benzene rings is 3. The second kappa shape index (κ2) is 9.83. The Morgan fingerprint density at radius 1 is 0.968 bits per heavy atom. The number of halogens is 2. The molecular formula is C23H22Cl2N2O3S. The Morgan fingerprint density at radius 3 is 2.35 bits per heavy atom. The molecule has 0 spiro atoms. The van der Waals surface area contributed by atoms with Crippen LogP contribution in [0.2, 0.25) is 10.0 Å². The average molecular weight is 477 g/mol. The first-order valence-corrected chi connectivity index (χ1v) is 11.7. The third kappa shape index (κ3) is 5.86. The number of sulfonamides is 1. The quantitative estimate of drug-likeness (QED) is 0.493. The summed E-state index contributed by atoms with van der Waals surface area (Å²) in [7, 11) is -3.94. The number of hydrogen-bond donors (Lipinski definition) is 1. The van der Waals surface area contributed by atoms with E-state index in [1.165, 1.54) is 10.4 Å². The van der Waals surface area contributed by atoms with E-state index in [0.29, 0.717) is 16.3 Å². The molecule has 0 fully saturated rings. The number of carbonyl (C=O) groups excluding carboxylic acids is 1. The maximum Gasteiger partial charge on any atom is 0.244 e. The van der Waals surface area contributed by atoms with E-state index in [9.17, 15) is 13.2 Å². The molecule has 0 aliphatic rings. The maximum atomic E-state index is 13.5. The predicted octanol–water partition coefficient (Wildman–Crippen LogP) is 5.44. The van der Waals surface area contributed by atoms with Gasteiger partial charge in [-0.25, -0.2) is 8.42 Å². The van der Waals surface area contributed by atoms with Gasteiger partial charge in [-0.05, 0) is 54.8 Å². The second-order valence-corrected chi connectivity index (χ2v) is 9.95. The minimum Gasteiger partial charge on any atom is -0.324 e. The molecule has 3 aromatic carbocycles. The molecule has 0 bridgehead atoms. The third-order valence-electron chi connectivity index (χ3n) is 4.69. The third-order valence-corrected chi connectivity index (χ3v) is 7.17. The van der Waals surface area contributed by atoms with Crippen molar-refractivity contribution in [1.29, 1.82) is 0 Å². The molecule has 0 unspecified atom stereocenters. The van der Waals surface area contributed by atoms with Crippen LogP contribution in [-0.2, 0) is 21.4 Å². The van der Waals surface area contributed by atoms with Crippen molar-refractivity contribution < 1.29 is 13.2 Å². The van der Waals surface area contributed by atoms with E-state index in [1.54, 1.807) is 31.2 Å². The summed E-state index contributed by atoms with van der Waals surface area (Å²) in [6, 6.07) is 19.0. The van der Waals surface area contributed by atoms with Crippen LogP contribution >= 0.6 is 23.2 Å². The van der Waals surface area contributed by atoms with Crippen LogP contribution in [0.3, 0.4) is 0 Å². The SMILES string of the molecule is Cc1ccc(C)c(S(=O)(=O)N(CC(=O)Nc2ccc(Cl)cc2Cl)Cc2ccccc2)c1. The molecule has 0 aromatic heterocycles. The van der Waals surface area contributed by atoms with Crippen LogP contribution in [-0.4, -0.2) is 25.2 Å². The zero-order valence-electron chi connectivity index (χ0n) is 17.1. The van der Waals surface area contributed by atoms with E-state index >= 15 is 0 Å². The Hall–Kier alpha value is -2.38. The number of anilines is 1. The summed E-state index contributed by atoms with van der Waals surface area (Å²) in [6.07, 6.45) is 0. The summed E-state index contributed by atoms with van der Waals surface area (Å²) >= 11 is 12.0. The monoisotopic (exact) mass is 476 g/mol. The highest BCUT2D eigenvalue weighted by Crippen LogP contribution is 2.26. The second-order valence-electron chi connectivity index (χ2n) is 7.20. The lowest BCUT2D eigenvalue weighted by atomic mass is 10.2. The lowest BCUT2D eigenvalue weighted by Gasteiger charge is -2.23. The normalized spacial score (nSPS) is 11.5. The largest absolute Gasteiger partial charge is 0.324 e. The fraction of sp³-hybridized carbons (Fsp3) is 0.174. The van der Waals surface area contributed by atoms with Crippen LogP contribution < -0.4 is 5.32 Å². The molecule has 8 heteroatoms. The van der Waals surface area contributed by atoms with Gasteiger partial charge in [0.25, 0.3) is 0 Å². The highest BCUT2D eigenvalue weighted by atomic mass is 35.5. The summed E-state index contributed by atoms with van der Waals surface area (Å²) in [5.41, 5.74) is 2.57. The Kier molecular flexibility index (Phi) is 7.38. The smallest absolute Gasteiger partial charge is 0.244 e. The van der Waals surface area contributed by atoms with Crippen molar-refractivity contribution in [1.82, 2.24) is 4.31 Å². The van der Waals surface area contributed by atoms with Crippen LogP contribution in [0.5, 0.6) is 0 Å². The first kappa shape index (κ1) is 23.3. The number of rotatable bonds is 7. The molecule has 0 radical (unpaired) electrons. The van der Waals surface area contributed by atoms with Gasteiger partial charge in [0.1, 0.15) is 0 Å². The molecule has 3 rings (SSSR count). The predicted molar refractivity (Wildman–Crippen MR) is 125 cm³/mol. The topological polar surface area (TPSA) is 66.5 Å². The Balaban J connectivity index is 1.92. The molecule has 31 heavy (non-hydrogen) atoms. The summed E-state index contributed by atoms with van der Waals surface area (Å²) in [4.78, 5) is 13.0. The van der Waals surface area contributed by atoms with Gasteiger partial charge in [0, 0.05) is 11.6 Å². The van der Waals surface area contributed by atoms with E-state index in [1.807, 2.05) is 43.3 Å². The van der Waals surface area contributed by atoms with Crippen molar-refractivity contribution in [3.8, 4) is 0 Å². The maximum absolute atomic E-state index is 13.5. The number of amides is 1. The Morgan fingerprint density at radius 2 is 1.68 bits per heavy atom. The van der Waals surface area contributed by atoms with Gasteiger partial charge in [0.2, 0.25) is 15.9 Å². The number of nitrogens with one attached hydrogen (secondary N) is 1. The van der Waals surface area contributed by atoms with Crippen molar-refractivity contribution in [2.45, 2.75) is 25.3 Å². The molecule has 5 nitrogen and oxygen atoms in total. The van der Waals surface area contributed by atoms with E-state index in [0.717, 1.165) is 11.1 Å². The lowest BCUT2D eigenvalue weighted by molar-refractivity contribution is -0.116. The molecule has 1 N–H and O–H groups in total. The summed E-state index contributed by atoms with van der Waals surface area (Å²) in [6.45, 7) is 3.25. The molecule has 1 amide bonds. The molecule has 0 heterocycles. The van der Waals surface area contributed by atoms with E-state index in [4.69, 9.17) is 23.2 Å². The number of nitrogens with zero attached hydrogens (tertiary/aromatic N) is 1. The average Bonchev–Trinajstić information content (AvgIpc) is 2.72. The van der Waals surface area contributed by atoms with Crippen LogP contribution in [0.25, 0.3) is 0 Å². The van der Waals surface area contributed by atoms with Crippen molar-refractivity contribution in [3.63, 3.8) is 0 Å². The molecule has 3 aromatic rings. The van der Waals surface area contributed by atoms with Gasteiger partial charge >= 0.3 is 0 Å². The Bertz CT molecular complexity index is 1200. The van der Waals surface area contributed by atoms with Crippen molar-refractivity contribution in [2.75, 3.05) is 11.9 Å². The van der Waals surface area contributed by atoms with E-state index < -0.39 is 15.9 Å². The van der Waals surface area contributed by atoms with Gasteiger partial charge in [-0.3, -0.25) is 4.79 Å². The standard InChI is InChI=1S/C23H22Cl2N2O3S/c1-16-8-9-17(2)22(12-16)31(29,30)27(14-18-6-4-3-5-7-18)15-23(28)26-21-11-10-19(24)13-20(21)25/h3-13H,14-15H2,1-2H3,(H,26,28). The molecule has 0 saturated carbocycles. The lowest BCUT2D eigenvalue weighted by Crippen LogP contribution is -2.38. The van der Waals surface area contributed by atoms with Gasteiger partial charge in [-0.1, -0.05) is 65.7 Å². The summed E-state index contributed by atoms with van der Waals surface area (Å²) in [5, 5.41) is 3.38. The summed E-state index contributed by atoms with van der Waals surface area (Å²) < 4.78 is 28.2. The molecule has 0 aliphatic carbocycles. The van der Waals surface area contributed by atoms with Crippen molar-refractivity contribution in [3.05, 3.63) is 93.5 Å². The van der Waals surface area contributed by atoms with Crippen molar-refractivity contribution >= 4 is 44.8 Å². The van der Waals surface area contributed by atoms with Crippen LogP contribution in [0.1, 0.15) is 16.7 Å². The zero-order chi connectivity index (χ0) is 22.6. The summed E-state index contributed by atoms with van der Waals surface area (Å²) in [5.74, 6) is -0.506. The van der Waals surface area contributed by atoms with E-state index in [2.05, 4.69) is 5.32 Å². The van der Waals surface area contributed by atoms with Gasteiger partial charge in [0.05, 0.1) is 22.2 Å². The van der Waals surface area contributed by atoms with Crippen LogP contribution in [0.15, 0.2) is 71.6 Å². The van der Waals surface area contributed by atoms with Gasteiger partial charge in [-0.15, -0.1) is 0 Å². The first-order chi connectivity index (χ1) is 14.7. The number of aryl methyl sites for hydroxylation is 2. The Labute approximate surface area is 192 Å². The molecule has 0 saturated heterocycles. The molecular weight excluding hydrogens is 455 g/mol. The molecule has 0 aliphatic heterocycles. The molecule has 162 valence electrons. The van der Waals surface area contributed by atoms with Gasteiger partial charge in [-0.2, -0.15) is 4.31 Å². The zero-order valence-corrected chi connectivity index (χ0v) is 19.4. The minimum absolute atomic E-state index is 0.0539. The number of hydrogen-bond acceptors (Lipinski definition) is 3.